The lowest BCUT2D eigenvalue weighted by atomic mass is 9.95. The summed E-state index contributed by atoms with van der Waals surface area (Å²) >= 11 is 6.69. The van der Waals surface area contributed by atoms with Gasteiger partial charge in [-0.25, -0.2) is 0 Å². The Hall–Kier alpha value is -2.65. The second kappa shape index (κ2) is 11.0. The molecule has 0 saturated carbocycles. The van der Waals surface area contributed by atoms with Crippen molar-refractivity contribution in [3.05, 3.63) is 45.1 Å². The third kappa shape index (κ3) is 4.89. The predicted octanol–water partition coefficient (Wildman–Crippen LogP) is 4.41. The minimum absolute atomic E-state index is 0.130. The van der Waals surface area contributed by atoms with E-state index in [9.17, 15) is 14.4 Å². The summed E-state index contributed by atoms with van der Waals surface area (Å²) in [5.74, 6) is -0.440. The van der Waals surface area contributed by atoms with Crippen molar-refractivity contribution in [2.45, 2.75) is 46.6 Å². The van der Waals surface area contributed by atoms with Crippen LogP contribution < -0.4 is 10.5 Å². The van der Waals surface area contributed by atoms with Crippen LogP contribution in [0.3, 0.4) is 0 Å². The highest BCUT2D eigenvalue weighted by atomic mass is 32.2. The van der Waals surface area contributed by atoms with E-state index in [2.05, 4.69) is 4.90 Å². The van der Waals surface area contributed by atoms with Gasteiger partial charge in [-0.05, 0) is 45.3 Å². The lowest BCUT2D eigenvalue weighted by Gasteiger charge is -2.34. The molecule has 2 aromatic rings. The third-order valence-corrected chi connectivity index (χ3v) is 7.90. The Kier molecular flexibility index (Phi) is 7.96. The molecule has 2 aliphatic heterocycles. The van der Waals surface area contributed by atoms with Gasteiger partial charge in [0.05, 0.1) is 34.2 Å². The van der Waals surface area contributed by atoms with Gasteiger partial charge in [0.25, 0.3) is 11.5 Å². The number of para-hydroxylation sites is 1. The van der Waals surface area contributed by atoms with Gasteiger partial charge in [-0.3, -0.25) is 19.3 Å². The number of nitrogens with zero attached hydrogens (tertiary/aromatic N) is 3. The van der Waals surface area contributed by atoms with E-state index in [1.807, 2.05) is 45.0 Å². The van der Waals surface area contributed by atoms with Crippen LogP contribution in [-0.4, -0.2) is 51.9 Å². The van der Waals surface area contributed by atoms with Crippen LogP contribution in [0.25, 0.3) is 17.0 Å². The number of carbonyl (C=O) groups excluding carboxylic acids is 2. The van der Waals surface area contributed by atoms with Gasteiger partial charge < -0.3 is 14.2 Å². The molecule has 1 amide bonds. The Morgan fingerprint density at radius 2 is 1.89 bits per heavy atom. The van der Waals surface area contributed by atoms with Gasteiger partial charge >= 0.3 is 5.97 Å². The Bertz CT molecular complexity index is 1250. The molecule has 2 fully saturated rings. The van der Waals surface area contributed by atoms with Gasteiger partial charge in [0.2, 0.25) is 0 Å². The molecule has 0 unspecified atom stereocenters. The molecule has 1 aromatic carbocycles. The zero-order valence-electron chi connectivity index (χ0n) is 20.4. The maximum atomic E-state index is 13.8. The van der Waals surface area contributed by atoms with Crippen LogP contribution in [0.15, 0.2) is 34.0 Å². The maximum absolute atomic E-state index is 13.8. The number of esters is 1. The summed E-state index contributed by atoms with van der Waals surface area (Å²) in [6.45, 7) is 8.47. The van der Waals surface area contributed by atoms with Gasteiger partial charge in [-0.15, -0.1) is 0 Å². The summed E-state index contributed by atoms with van der Waals surface area (Å²) in [7, 11) is 0. The summed E-state index contributed by atoms with van der Waals surface area (Å²) in [4.78, 5) is 43.4. The number of pyridine rings is 1. The molecule has 2 saturated heterocycles. The minimum atomic E-state index is -0.154. The van der Waals surface area contributed by atoms with Crippen molar-refractivity contribution in [1.82, 2.24) is 9.47 Å². The van der Waals surface area contributed by atoms with Gasteiger partial charge in [0.15, 0.2) is 0 Å². The first kappa shape index (κ1) is 25.4. The molecule has 0 radical (unpaired) electrons. The Balaban J connectivity index is 1.82. The molecule has 9 heteroatoms. The van der Waals surface area contributed by atoms with Gasteiger partial charge in [0, 0.05) is 31.6 Å². The number of thioether (sulfide) groups is 1. The smallest absolute Gasteiger partial charge is 0.309 e. The number of amides is 1. The van der Waals surface area contributed by atoms with Crippen LogP contribution in [0.1, 0.15) is 45.6 Å². The minimum Gasteiger partial charge on any atom is -0.466 e. The number of anilines is 1. The highest BCUT2D eigenvalue weighted by molar-refractivity contribution is 8.26. The van der Waals surface area contributed by atoms with Crippen molar-refractivity contribution >= 4 is 62.8 Å². The van der Waals surface area contributed by atoms with Crippen LogP contribution in [0.2, 0.25) is 0 Å². The Labute approximate surface area is 215 Å². The molecule has 0 atom stereocenters. The van der Waals surface area contributed by atoms with Crippen LogP contribution in [0.4, 0.5) is 5.69 Å². The number of ether oxygens (including phenoxy) is 1. The van der Waals surface area contributed by atoms with Crippen molar-refractivity contribution in [2.24, 2.45) is 5.92 Å². The molecule has 0 spiro atoms. The van der Waals surface area contributed by atoms with E-state index in [1.54, 1.807) is 15.5 Å². The second-order valence-electron chi connectivity index (χ2n) is 8.68. The zero-order valence-corrected chi connectivity index (χ0v) is 22.0. The number of hydrogen-bond donors (Lipinski definition) is 0. The fourth-order valence-electron chi connectivity index (χ4n) is 4.84. The number of aromatic nitrogens is 1. The van der Waals surface area contributed by atoms with Crippen LogP contribution in [0, 0.1) is 5.92 Å². The van der Waals surface area contributed by atoms with Gasteiger partial charge in [-0.2, -0.15) is 0 Å². The van der Waals surface area contributed by atoms with Crippen molar-refractivity contribution in [2.75, 3.05) is 31.1 Å². The second-order valence-corrected chi connectivity index (χ2v) is 10.4. The molecule has 0 N–H and O–H groups in total. The van der Waals surface area contributed by atoms with Gasteiger partial charge in [0.1, 0.15) is 4.32 Å². The number of hydrogen-bond acceptors (Lipinski definition) is 7. The molecular weight excluding hydrogens is 482 g/mol. The standard InChI is InChI=1S/C26H31N3O4S2/c1-4-13-29-24(31)21(35-26(29)34)16-19-22(27-14-11-17(12-15-27)25(32)33-6-3)18-9-7-8-10-20(18)28(5-2)23(19)30/h7-10,16-17H,4-6,11-15H2,1-3H3. The average Bonchev–Trinajstić information content (AvgIpc) is 3.12. The molecule has 4 rings (SSSR count). The van der Waals surface area contributed by atoms with Crippen LogP contribution in [-0.2, 0) is 20.9 Å². The largest absolute Gasteiger partial charge is 0.466 e. The highest BCUT2D eigenvalue weighted by Gasteiger charge is 2.33. The molecule has 3 heterocycles. The molecule has 35 heavy (non-hydrogen) atoms. The number of aryl methyl sites for hydroxylation is 1. The fourth-order valence-corrected chi connectivity index (χ4v) is 6.13. The lowest BCUT2D eigenvalue weighted by molar-refractivity contribution is -0.148. The number of fused-ring (bicyclic) bond motifs is 1. The number of rotatable bonds is 7. The first-order valence-corrected chi connectivity index (χ1v) is 13.5. The molecule has 0 bridgehead atoms. The summed E-state index contributed by atoms with van der Waals surface area (Å²) in [6, 6.07) is 7.87. The molecule has 186 valence electrons. The predicted molar refractivity (Wildman–Crippen MR) is 146 cm³/mol. The molecule has 2 aliphatic rings. The molecular formula is C26H31N3O4S2. The van der Waals surface area contributed by atoms with E-state index in [-0.39, 0.29) is 23.4 Å². The number of benzene rings is 1. The maximum Gasteiger partial charge on any atom is 0.309 e. The topological polar surface area (TPSA) is 71.9 Å². The highest BCUT2D eigenvalue weighted by Crippen LogP contribution is 2.37. The average molecular weight is 514 g/mol. The fraction of sp³-hybridized carbons (Fsp3) is 0.462. The van der Waals surface area contributed by atoms with Gasteiger partial charge in [-0.1, -0.05) is 49.1 Å². The van der Waals surface area contributed by atoms with E-state index in [0.717, 1.165) is 23.0 Å². The Morgan fingerprint density at radius 1 is 1.17 bits per heavy atom. The quantitative estimate of drug-likeness (QED) is 0.308. The Morgan fingerprint density at radius 3 is 2.54 bits per heavy atom. The molecule has 1 aromatic heterocycles. The number of carbonyl (C=O) groups is 2. The van der Waals surface area contributed by atoms with E-state index >= 15 is 0 Å². The van der Waals surface area contributed by atoms with Crippen molar-refractivity contribution in [1.29, 1.82) is 0 Å². The van der Waals surface area contributed by atoms with Crippen LogP contribution >= 0.6 is 24.0 Å². The normalized spacial score (nSPS) is 18.2. The lowest BCUT2D eigenvalue weighted by Crippen LogP contribution is -2.39. The first-order valence-electron chi connectivity index (χ1n) is 12.2. The molecule has 7 nitrogen and oxygen atoms in total. The third-order valence-electron chi connectivity index (χ3n) is 6.52. The summed E-state index contributed by atoms with van der Waals surface area (Å²) in [5, 5.41) is 0.957. The van der Waals surface area contributed by atoms with Crippen molar-refractivity contribution in [3.63, 3.8) is 0 Å². The first-order chi connectivity index (χ1) is 16.9. The molecule has 0 aliphatic carbocycles. The number of piperidine rings is 1. The van der Waals surface area contributed by atoms with E-state index in [0.29, 0.717) is 60.4 Å². The van der Waals surface area contributed by atoms with E-state index < -0.39 is 0 Å². The monoisotopic (exact) mass is 513 g/mol. The zero-order chi connectivity index (χ0) is 25.1. The van der Waals surface area contributed by atoms with E-state index in [4.69, 9.17) is 17.0 Å². The SMILES string of the molecule is CCCN1C(=O)C(=Cc2c(N3CCC(C(=O)OCC)CC3)c3ccccc3n(CC)c2=O)SC1=S. The van der Waals surface area contributed by atoms with Crippen molar-refractivity contribution < 1.29 is 14.3 Å². The summed E-state index contributed by atoms with van der Waals surface area (Å²) in [5.41, 5.74) is 2.04. The van der Waals surface area contributed by atoms with E-state index in [1.165, 1.54) is 11.8 Å². The van der Waals surface area contributed by atoms with Crippen molar-refractivity contribution in [3.8, 4) is 0 Å². The number of thiocarbonyl (C=S) groups is 1. The summed E-state index contributed by atoms with van der Waals surface area (Å²) in [6.07, 6.45) is 3.84. The summed E-state index contributed by atoms with van der Waals surface area (Å²) < 4.78 is 7.51. The van der Waals surface area contributed by atoms with Crippen LogP contribution in [0.5, 0.6) is 0 Å².